The molecule has 104 valence electrons. The molecule has 5 heteroatoms. The van der Waals surface area contributed by atoms with E-state index in [0.717, 1.165) is 5.69 Å². The van der Waals surface area contributed by atoms with Gasteiger partial charge in [-0.2, -0.15) is 0 Å². The van der Waals surface area contributed by atoms with Crippen molar-refractivity contribution in [2.24, 2.45) is 0 Å². The van der Waals surface area contributed by atoms with Crippen molar-refractivity contribution >= 4 is 11.7 Å². The van der Waals surface area contributed by atoms with E-state index in [1.54, 1.807) is 6.20 Å². The lowest BCUT2D eigenvalue weighted by Crippen LogP contribution is -2.13. The van der Waals surface area contributed by atoms with Gasteiger partial charge in [-0.15, -0.1) is 0 Å². The molecule has 0 saturated carbocycles. The summed E-state index contributed by atoms with van der Waals surface area (Å²) in [4.78, 5) is 15.9. The number of pyridine rings is 1. The number of ether oxygens (including phenoxy) is 1. The molecule has 1 atom stereocenters. The first-order chi connectivity index (χ1) is 9.61. The van der Waals surface area contributed by atoms with Gasteiger partial charge in [0.15, 0.2) is 0 Å². The van der Waals surface area contributed by atoms with Crippen molar-refractivity contribution in [1.82, 2.24) is 4.98 Å². The van der Waals surface area contributed by atoms with Gasteiger partial charge in [-0.05, 0) is 37.3 Å². The predicted octanol–water partition coefficient (Wildman–Crippen LogP) is 3.18. The predicted molar refractivity (Wildman–Crippen MR) is 74.0 cm³/mol. The second kappa shape index (κ2) is 6.14. The van der Waals surface area contributed by atoms with Crippen molar-refractivity contribution in [3.63, 3.8) is 0 Å². The molecule has 2 rings (SSSR count). The number of benzene rings is 1. The molecule has 4 nitrogen and oxygen atoms in total. The Morgan fingerprint density at radius 1 is 1.35 bits per heavy atom. The van der Waals surface area contributed by atoms with Gasteiger partial charge in [-0.25, -0.2) is 9.18 Å². The molecule has 0 aliphatic rings. The van der Waals surface area contributed by atoms with E-state index >= 15 is 0 Å². The van der Waals surface area contributed by atoms with Gasteiger partial charge in [-0.1, -0.05) is 6.07 Å². The standard InChI is InChI=1S/C15H15FN2O2/c1-10(13-5-3-4-8-17-13)18-14-9-11(16)6-7-12(14)15(19)20-2/h3-10,18H,1-2H3. The maximum absolute atomic E-state index is 13.4. The van der Waals surface area contributed by atoms with Crippen LogP contribution in [0.4, 0.5) is 10.1 Å². The molecule has 1 heterocycles. The molecule has 1 aromatic carbocycles. The average molecular weight is 274 g/mol. The van der Waals surface area contributed by atoms with E-state index in [-0.39, 0.29) is 11.6 Å². The number of nitrogens with zero attached hydrogens (tertiary/aromatic N) is 1. The van der Waals surface area contributed by atoms with Crippen LogP contribution in [0.5, 0.6) is 0 Å². The first-order valence-corrected chi connectivity index (χ1v) is 6.17. The highest BCUT2D eigenvalue weighted by Crippen LogP contribution is 2.23. The summed E-state index contributed by atoms with van der Waals surface area (Å²) < 4.78 is 18.0. The van der Waals surface area contributed by atoms with E-state index in [1.165, 1.54) is 25.3 Å². The van der Waals surface area contributed by atoms with Crippen molar-refractivity contribution in [2.45, 2.75) is 13.0 Å². The number of hydrogen-bond donors (Lipinski definition) is 1. The number of esters is 1. The fourth-order valence-electron chi connectivity index (χ4n) is 1.86. The molecule has 1 N–H and O–H groups in total. The van der Waals surface area contributed by atoms with Crippen LogP contribution in [0, 0.1) is 5.82 Å². The van der Waals surface area contributed by atoms with E-state index < -0.39 is 11.8 Å². The highest BCUT2D eigenvalue weighted by molar-refractivity contribution is 5.95. The van der Waals surface area contributed by atoms with Crippen LogP contribution in [-0.2, 0) is 4.74 Å². The first kappa shape index (κ1) is 14.0. The Hall–Kier alpha value is -2.43. The minimum absolute atomic E-state index is 0.165. The first-order valence-electron chi connectivity index (χ1n) is 6.17. The van der Waals surface area contributed by atoms with Gasteiger partial charge < -0.3 is 10.1 Å². The van der Waals surface area contributed by atoms with Gasteiger partial charge in [0.1, 0.15) is 5.82 Å². The molecule has 0 radical (unpaired) electrons. The van der Waals surface area contributed by atoms with Crippen LogP contribution in [0.15, 0.2) is 42.6 Å². The van der Waals surface area contributed by atoms with E-state index in [1.807, 2.05) is 25.1 Å². The molecule has 1 unspecified atom stereocenters. The van der Waals surface area contributed by atoms with E-state index in [4.69, 9.17) is 0 Å². The number of halogens is 1. The number of carbonyl (C=O) groups excluding carboxylic acids is 1. The Labute approximate surface area is 116 Å². The zero-order chi connectivity index (χ0) is 14.5. The van der Waals surface area contributed by atoms with Crippen molar-refractivity contribution in [2.75, 3.05) is 12.4 Å². The third kappa shape index (κ3) is 3.12. The summed E-state index contributed by atoms with van der Waals surface area (Å²) in [5.74, 6) is -0.936. The Bertz CT molecular complexity index is 602. The van der Waals surface area contributed by atoms with Crippen LogP contribution in [0.2, 0.25) is 0 Å². The molecular weight excluding hydrogens is 259 g/mol. The zero-order valence-corrected chi connectivity index (χ0v) is 11.3. The molecule has 2 aromatic rings. The fraction of sp³-hybridized carbons (Fsp3) is 0.200. The Morgan fingerprint density at radius 3 is 2.80 bits per heavy atom. The van der Waals surface area contributed by atoms with Crippen LogP contribution < -0.4 is 5.32 Å². The lowest BCUT2D eigenvalue weighted by atomic mass is 10.1. The van der Waals surface area contributed by atoms with Crippen LogP contribution in [-0.4, -0.2) is 18.1 Å². The number of carbonyl (C=O) groups is 1. The molecule has 0 aliphatic carbocycles. The van der Waals surface area contributed by atoms with Crippen molar-refractivity contribution in [1.29, 1.82) is 0 Å². The number of rotatable bonds is 4. The monoisotopic (exact) mass is 274 g/mol. The van der Waals surface area contributed by atoms with Crippen molar-refractivity contribution in [3.05, 3.63) is 59.7 Å². The highest BCUT2D eigenvalue weighted by atomic mass is 19.1. The normalized spacial score (nSPS) is 11.8. The minimum atomic E-state index is -0.513. The van der Waals surface area contributed by atoms with Gasteiger partial charge in [0, 0.05) is 6.20 Å². The molecule has 0 amide bonds. The quantitative estimate of drug-likeness (QED) is 0.870. The van der Waals surface area contributed by atoms with Crippen LogP contribution >= 0.6 is 0 Å². The number of anilines is 1. The van der Waals surface area contributed by atoms with E-state index in [9.17, 15) is 9.18 Å². The topological polar surface area (TPSA) is 51.2 Å². The molecule has 0 spiro atoms. The Morgan fingerprint density at radius 2 is 2.15 bits per heavy atom. The van der Waals surface area contributed by atoms with Gasteiger partial charge >= 0.3 is 5.97 Å². The maximum Gasteiger partial charge on any atom is 0.339 e. The third-order valence-corrected chi connectivity index (χ3v) is 2.89. The van der Waals surface area contributed by atoms with Crippen molar-refractivity contribution < 1.29 is 13.9 Å². The number of aromatic nitrogens is 1. The fourth-order valence-corrected chi connectivity index (χ4v) is 1.86. The zero-order valence-electron chi connectivity index (χ0n) is 11.3. The number of nitrogens with one attached hydrogen (secondary N) is 1. The third-order valence-electron chi connectivity index (χ3n) is 2.89. The van der Waals surface area contributed by atoms with Gasteiger partial charge in [0.25, 0.3) is 0 Å². The molecule has 0 saturated heterocycles. The van der Waals surface area contributed by atoms with Crippen molar-refractivity contribution in [3.8, 4) is 0 Å². The summed E-state index contributed by atoms with van der Waals surface area (Å²) in [5.41, 5.74) is 1.47. The lowest BCUT2D eigenvalue weighted by Gasteiger charge is -2.17. The summed E-state index contributed by atoms with van der Waals surface area (Å²) in [6, 6.07) is 9.27. The second-order valence-electron chi connectivity index (χ2n) is 4.30. The largest absolute Gasteiger partial charge is 0.465 e. The molecule has 0 aliphatic heterocycles. The Balaban J connectivity index is 2.28. The number of methoxy groups -OCH3 is 1. The lowest BCUT2D eigenvalue weighted by molar-refractivity contribution is 0.0601. The summed E-state index contributed by atoms with van der Waals surface area (Å²) in [7, 11) is 1.29. The summed E-state index contributed by atoms with van der Waals surface area (Å²) in [5, 5.41) is 3.08. The van der Waals surface area contributed by atoms with E-state index in [2.05, 4.69) is 15.0 Å². The highest BCUT2D eigenvalue weighted by Gasteiger charge is 2.15. The molecule has 0 bridgehead atoms. The maximum atomic E-state index is 13.4. The van der Waals surface area contributed by atoms with Crippen LogP contribution in [0.25, 0.3) is 0 Å². The SMILES string of the molecule is COC(=O)c1ccc(F)cc1NC(C)c1ccccn1. The molecule has 1 aromatic heterocycles. The summed E-state index contributed by atoms with van der Waals surface area (Å²) in [6.45, 7) is 1.88. The average Bonchev–Trinajstić information content (AvgIpc) is 2.47. The van der Waals surface area contributed by atoms with E-state index in [0.29, 0.717) is 5.69 Å². The smallest absolute Gasteiger partial charge is 0.339 e. The van der Waals surface area contributed by atoms with Crippen LogP contribution in [0.1, 0.15) is 29.0 Å². The second-order valence-corrected chi connectivity index (χ2v) is 4.30. The molecular formula is C15H15FN2O2. The summed E-state index contributed by atoms with van der Waals surface area (Å²) in [6.07, 6.45) is 1.68. The van der Waals surface area contributed by atoms with Crippen LogP contribution in [0.3, 0.4) is 0 Å². The molecule has 20 heavy (non-hydrogen) atoms. The number of hydrogen-bond acceptors (Lipinski definition) is 4. The van der Waals surface area contributed by atoms with Gasteiger partial charge in [0.2, 0.25) is 0 Å². The van der Waals surface area contributed by atoms with Gasteiger partial charge in [0.05, 0.1) is 30.1 Å². The minimum Gasteiger partial charge on any atom is -0.465 e. The summed E-state index contributed by atoms with van der Waals surface area (Å²) >= 11 is 0. The van der Waals surface area contributed by atoms with Gasteiger partial charge in [-0.3, -0.25) is 4.98 Å². The molecule has 0 fully saturated rings. The Kier molecular flexibility index (Phi) is 4.30.